The summed E-state index contributed by atoms with van der Waals surface area (Å²) in [4.78, 5) is 0. The molecule has 0 fully saturated rings. The molecule has 0 saturated carbocycles. The molecule has 0 aromatic heterocycles. The van der Waals surface area contributed by atoms with Crippen molar-refractivity contribution in [2.45, 2.75) is 136 Å². The fraction of sp³-hybridized carbons (Fsp3) is 0.323. The van der Waals surface area contributed by atoms with E-state index in [1.165, 1.54) is 61.2 Å². The average molecular weight is 831 g/mol. The van der Waals surface area contributed by atoms with Crippen LogP contribution in [0.25, 0.3) is 0 Å². The summed E-state index contributed by atoms with van der Waals surface area (Å²) >= 11 is 0. The highest BCUT2D eigenvalue weighted by molar-refractivity contribution is 5.60. The molecular weight excluding hydrogens is 745 g/mol. The molecule has 0 aliphatic rings. The summed E-state index contributed by atoms with van der Waals surface area (Å²) in [6.07, 6.45) is 0. The number of hydrogen-bond acceptors (Lipinski definition) is 0. The zero-order valence-corrected chi connectivity index (χ0v) is 42.5. The Hall–Kier alpha value is -5.46. The van der Waals surface area contributed by atoms with Crippen LogP contribution in [0.5, 0.6) is 0 Å². The van der Waals surface area contributed by atoms with Crippen molar-refractivity contribution in [1.82, 2.24) is 0 Å². The largest absolute Gasteiger partial charge is 0.0701 e. The molecule has 0 N–H and O–H groups in total. The highest BCUT2D eigenvalue weighted by Crippen LogP contribution is 2.45. The first-order chi connectivity index (χ1) is 30.4. The minimum atomic E-state index is -0.343. The van der Waals surface area contributed by atoms with Gasteiger partial charge in [0.25, 0.3) is 0 Å². The van der Waals surface area contributed by atoms with E-state index in [-0.39, 0.29) is 5.41 Å². The second-order valence-corrected chi connectivity index (χ2v) is 12.9. The molecule has 0 unspecified atom stereocenters. The van der Waals surface area contributed by atoms with Crippen LogP contribution in [0.2, 0.25) is 0 Å². The van der Waals surface area contributed by atoms with Crippen LogP contribution in [0.3, 0.4) is 0 Å². The van der Waals surface area contributed by atoms with E-state index < -0.39 is 0 Å². The SMILES string of the molecule is CC.CC.CC.CC.CC.CC.CC.Cc1ccc(C(c2ccccc2)(c2ccccc2)c2ccc(C)cc2)cc1.Cc1ccc(C(c2ccccc2)c2ccc(C)cc2)cc1. The Balaban J connectivity index is 0. The second kappa shape index (κ2) is 36.2. The number of rotatable bonds is 7. The summed E-state index contributed by atoms with van der Waals surface area (Å²) in [5.74, 6) is 0.299. The zero-order valence-electron chi connectivity index (χ0n) is 42.5. The predicted molar refractivity (Wildman–Crippen MR) is 283 cm³/mol. The fourth-order valence-corrected chi connectivity index (χ4v) is 6.72. The van der Waals surface area contributed by atoms with Crippen LogP contribution in [0.1, 0.15) is 164 Å². The quantitative estimate of drug-likeness (QED) is 0.140. The minimum absolute atomic E-state index is 0.299. The van der Waals surface area contributed by atoms with E-state index in [0.717, 1.165) is 0 Å². The molecule has 0 aliphatic heterocycles. The molecule has 0 nitrogen and oxygen atoms in total. The van der Waals surface area contributed by atoms with Crippen molar-refractivity contribution in [3.63, 3.8) is 0 Å². The Bertz CT molecular complexity index is 1850. The Kier molecular flexibility index (Phi) is 34.2. The third-order valence-corrected chi connectivity index (χ3v) is 9.34. The van der Waals surface area contributed by atoms with Crippen molar-refractivity contribution < 1.29 is 0 Å². The van der Waals surface area contributed by atoms with E-state index in [1.807, 2.05) is 96.9 Å². The summed E-state index contributed by atoms with van der Waals surface area (Å²) in [6, 6.07) is 68.1. The summed E-state index contributed by atoms with van der Waals surface area (Å²) in [7, 11) is 0. The summed E-state index contributed by atoms with van der Waals surface area (Å²) < 4.78 is 0. The van der Waals surface area contributed by atoms with E-state index in [0.29, 0.717) is 5.92 Å². The molecule has 7 aromatic carbocycles. The lowest BCUT2D eigenvalue weighted by atomic mass is 9.65. The van der Waals surface area contributed by atoms with Gasteiger partial charge in [-0.3, -0.25) is 0 Å². The van der Waals surface area contributed by atoms with Gasteiger partial charge in [0.1, 0.15) is 0 Å². The molecule has 7 rings (SSSR count). The van der Waals surface area contributed by atoms with E-state index in [4.69, 9.17) is 0 Å². The maximum absolute atomic E-state index is 2.27. The number of aryl methyl sites for hydroxylation is 4. The number of hydrogen-bond donors (Lipinski definition) is 0. The second-order valence-electron chi connectivity index (χ2n) is 12.9. The van der Waals surface area contributed by atoms with Crippen LogP contribution in [-0.4, -0.2) is 0 Å². The van der Waals surface area contributed by atoms with E-state index in [9.17, 15) is 0 Å². The lowest BCUT2D eigenvalue weighted by molar-refractivity contribution is 0.744. The van der Waals surface area contributed by atoms with Gasteiger partial charge in [-0.2, -0.15) is 0 Å². The minimum Gasteiger partial charge on any atom is -0.0683 e. The normalized spacial score (nSPS) is 9.27. The van der Waals surface area contributed by atoms with Crippen molar-refractivity contribution >= 4 is 0 Å². The molecular formula is C62H86. The molecule has 62 heavy (non-hydrogen) atoms. The number of benzene rings is 7. The Labute approximate surface area is 383 Å². The Morgan fingerprint density at radius 1 is 0.226 bits per heavy atom. The monoisotopic (exact) mass is 831 g/mol. The van der Waals surface area contributed by atoms with Crippen LogP contribution >= 0.6 is 0 Å². The van der Waals surface area contributed by atoms with Crippen molar-refractivity contribution in [2.75, 3.05) is 0 Å². The zero-order chi connectivity index (χ0) is 47.3. The van der Waals surface area contributed by atoms with Crippen molar-refractivity contribution in [3.8, 4) is 0 Å². The molecule has 0 saturated heterocycles. The van der Waals surface area contributed by atoms with Crippen LogP contribution < -0.4 is 0 Å². The van der Waals surface area contributed by atoms with Gasteiger partial charge in [-0.1, -0.05) is 307 Å². The maximum atomic E-state index is 2.27. The van der Waals surface area contributed by atoms with Gasteiger partial charge in [0.2, 0.25) is 0 Å². The molecule has 0 radical (unpaired) electrons. The highest BCUT2D eigenvalue weighted by atomic mass is 14.4. The molecule has 334 valence electrons. The first-order valence-electron chi connectivity index (χ1n) is 23.9. The summed E-state index contributed by atoms with van der Waals surface area (Å²) in [6.45, 7) is 36.5. The molecule has 0 atom stereocenters. The van der Waals surface area contributed by atoms with Crippen molar-refractivity contribution in [2.24, 2.45) is 0 Å². The van der Waals surface area contributed by atoms with E-state index in [1.54, 1.807) is 0 Å². The highest BCUT2D eigenvalue weighted by Gasteiger charge is 2.38. The van der Waals surface area contributed by atoms with Crippen LogP contribution in [0, 0.1) is 27.7 Å². The van der Waals surface area contributed by atoms with Gasteiger partial charge in [0.05, 0.1) is 5.41 Å². The van der Waals surface area contributed by atoms with Gasteiger partial charge in [-0.25, -0.2) is 0 Å². The van der Waals surface area contributed by atoms with Crippen LogP contribution in [0.15, 0.2) is 188 Å². The van der Waals surface area contributed by atoms with Crippen LogP contribution in [0.4, 0.5) is 0 Å². The standard InChI is InChI=1S/C27H24.C21H20.7C2H6/c1-21-13-17-25(18-14-21)27(23-9-5-3-6-10-23,24-11-7-4-8-12-24)26-19-15-22(2)16-20-26;1-16-8-12-19(13-9-16)21(18-6-4-3-5-7-18)20-14-10-17(2)11-15-20;7*1-2/h3-20H,1-2H3;3-15,21H,1-2H3;7*1-2H3. The average Bonchev–Trinajstić information content (AvgIpc) is 3.37. The van der Waals surface area contributed by atoms with E-state index in [2.05, 4.69) is 216 Å². The van der Waals surface area contributed by atoms with Crippen molar-refractivity contribution in [3.05, 3.63) is 249 Å². The third kappa shape index (κ3) is 17.5. The van der Waals surface area contributed by atoms with Gasteiger partial charge in [0, 0.05) is 5.92 Å². The first-order valence-corrected chi connectivity index (χ1v) is 23.9. The lowest BCUT2D eigenvalue weighted by Crippen LogP contribution is -2.31. The third-order valence-electron chi connectivity index (χ3n) is 9.34. The van der Waals surface area contributed by atoms with Gasteiger partial charge in [-0.15, -0.1) is 0 Å². The maximum Gasteiger partial charge on any atom is 0.0701 e. The predicted octanol–water partition coefficient (Wildman–Crippen LogP) is 19.4. The van der Waals surface area contributed by atoms with Gasteiger partial charge in [0.15, 0.2) is 0 Å². The van der Waals surface area contributed by atoms with Crippen LogP contribution in [-0.2, 0) is 5.41 Å². The molecule has 0 heteroatoms. The van der Waals surface area contributed by atoms with Gasteiger partial charge in [-0.05, 0) is 66.6 Å². The molecule has 7 aromatic rings. The molecule has 0 aliphatic carbocycles. The lowest BCUT2D eigenvalue weighted by Gasteiger charge is -2.37. The van der Waals surface area contributed by atoms with E-state index >= 15 is 0 Å². The van der Waals surface area contributed by atoms with Gasteiger partial charge < -0.3 is 0 Å². The summed E-state index contributed by atoms with van der Waals surface area (Å²) in [5, 5.41) is 0. The molecule has 0 spiro atoms. The first kappa shape index (κ1) is 58.6. The Morgan fingerprint density at radius 2 is 0.419 bits per heavy atom. The Morgan fingerprint density at radius 3 is 0.677 bits per heavy atom. The summed E-state index contributed by atoms with van der Waals surface area (Å²) in [5.41, 5.74) is 14.0. The molecule has 0 bridgehead atoms. The molecule has 0 heterocycles. The fourth-order valence-electron chi connectivity index (χ4n) is 6.72. The smallest absolute Gasteiger partial charge is 0.0683 e. The topological polar surface area (TPSA) is 0 Å². The molecule has 0 amide bonds. The van der Waals surface area contributed by atoms with Crippen molar-refractivity contribution in [1.29, 1.82) is 0 Å². The van der Waals surface area contributed by atoms with Gasteiger partial charge >= 0.3 is 0 Å².